The van der Waals surface area contributed by atoms with E-state index in [1.807, 2.05) is 19.1 Å². The van der Waals surface area contributed by atoms with Gasteiger partial charge in [0.2, 0.25) is 15.9 Å². The van der Waals surface area contributed by atoms with Gasteiger partial charge in [-0.05, 0) is 60.6 Å². The summed E-state index contributed by atoms with van der Waals surface area (Å²) in [6.45, 7) is 2.80. The van der Waals surface area contributed by atoms with Gasteiger partial charge in [0, 0.05) is 24.7 Å². The lowest BCUT2D eigenvalue weighted by atomic mass is 10.0. The van der Waals surface area contributed by atoms with E-state index in [2.05, 4.69) is 5.32 Å². The van der Waals surface area contributed by atoms with Crippen LogP contribution in [0.4, 0.5) is 10.1 Å². The number of benzene rings is 2. The molecule has 1 spiro atoms. The largest absolute Gasteiger partial charge is 0.326 e. The molecule has 2 aromatic rings. The van der Waals surface area contributed by atoms with Crippen LogP contribution in [0.15, 0.2) is 53.4 Å². The van der Waals surface area contributed by atoms with Crippen molar-refractivity contribution in [3.63, 3.8) is 0 Å². The highest BCUT2D eigenvalue weighted by atomic mass is 32.2. The Bertz CT molecular complexity index is 1010. The fraction of sp³-hybridized carbons (Fsp3) is 0.381. The van der Waals surface area contributed by atoms with Gasteiger partial charge in [-0.15, -0.1) is 0 Å². The van der Waals surface area contributed by atoms with Gasteiger partial charge in [0.15, 0.2) is 0 Å². The molecule has 1 saturated carbocycles. The number of aryl methyl sites for hydroxylation is 1. The molecular formula is C21H23FN2O3S. The minimum atomic E-state index is -3.56. The molecule has 1 heterocycles. The average molecular weight is 402 g/mol. The second-order valence-corrected chi connectivity index (χ2v) is 9.64. The average Bonchev–Trinajstić information content (AvgIpc) is 3.21. The maximum atomic E-state index is 13.3. The number of carbonyl (C=O) groups excluding carboxylic acids is 1. The van der Waals surface area contributed by atoms with E-state index in [0.29, 0.717) is 36.5 Å². The minimum Gasteiger partial charge on any atom is -0.326 e. The van der Waals surface area contributed by atoms with Crippen molar-refractivity contribution >= 4 is 21.6 Å². The number of carbonyl (C=O) groups is 1. The van der Waals surface area contributed by atoms with E-state index in [0.717, 1.165) is 12.0 Å². The molecule has 0 unspecified atom stereocenters. The fourth-order valence-corrected chi connectivity index (χ4v) is 5.61. The van der Waals surface area contributed by atoms with Crippen molar-refractivity contribution in [1.29, 1.82) is 0 Å². The molecule has 2 aromatic carbocycles. The number of rotatable bonds is 5. The third-order valence-electron chi connectivity index (χ3n) is 5.92. The first-order chi connectivity index (χ1) is 13.3. The van der Waals surface area contributed by atoms with Crippen molar-refractivity contribution in [3.8, 4) is 0 Å². The predicted molar refractivity (Wildman–Crippen MR) is 105 cm³/mol. The highest BCUT2D eigenvalue weighted by Gasteiger charge is 2.62. The van der Waals surface area contributed by atoms with Gasteiger partial charge in [-0.25, -0.2) is 12.8 Å². The van der Waals surface area contributed by atoms with Gasteiger partial charge in [-0.1, -0.05) is 25.1 Å². The monoisotopic (exact) mass is 402 g/mol. The quantitative estimate of drug-likeness (QED) is 0.833. The molecule has 4 rings (SSSR count). The fourth-order valence-electron chi connectivity index (χ4n) is 4.07. The second-order valence-electron chi connectivity index (χ2n) is 7.70. The third-order valence-corrected chi connectivity index (χ3v) is 7.78. The Hall–Kier alpha value is -2.25. The highest BCUT2D eigenvalue weighted by Crippen LogP contribution is 2.59. The van der Waals surface area contributed by atoms with E-state index < -0.39 is 15.8 Å². The standard InChI is InChI=1S/C21H23FN2O3S/c1-2-15-6-8-18(9-7-15)28(26,27)24-11-10-21(14-24)13-19(21)20(25)23-17-5-3-4-16(22)12-17/h3-9,12,19H,2,10-11,13-14H2,1H3,(H,23,25)/t19-,21+/m0/s1. The molecule has 1 N–H and O–H groups in total. The summed E-state index contributed by atoms with van der Waals surface area (Å²) >= 11 is 0. The van der Waals surface area contributed by atoms with Gasteiger partial charge >= 0.3 is 0 Å². The minimum absolute atomic E-state index is 0.169. The Morgan fingerprint density at radius 1 is 1.25 bits per heavy atom. The summed E-state index contributed by atoms with van der Waals surface area (Å²) in [4.78, 5) is 12.8. The van der Waals surface area contributed by atoms with Gasteiger partial charge in [0.25, 0.3) is 0 Å². The molecule has 2 fully saturated rings. The van der Waals surface area contributed by atoms with Crippen LogP contribution >= 0.6 is 0 Å². The number of sulfonamides is 1. The molecule has 2 aliphatic rings. The first kappa shape index (κ1) is 19.1. The third kappa shape index (κ3) is 3.44. The zero-order chi connectivity index (χ0) is 19.9. The maximum Gasteiger partial charge on any atom is 0.243 e. The van der Waals surface area contributed by atoms with E-state index in [9.17, 15) is 17.6 Å². The van der Waals surface area contributed by atoms with E-state index in [1.165, 1.54) is 16.4 Å². The van der Waals surface area contributed by atoms with Crippen molar-refractivity contribution in [2.75, 3.05) is 18.4 Å². The number of anilines is 1. The molecule has 2 atom stereocenters. The van der Waals surface area contributed by atoms with Gasteiger partial charge in [0.05, 0.1) is 4.90 Å². The van der Waals surface area contributed by atoms with E-state index in [4.69, 9.17) is 0 Å². The van der Waals surface area contributed by atoms with Crippen LogP contribution in [0.3, 0.4) is 0 Å². The molecule has 1 saturated heterocycles. The van der Waals surface area contributed by atoms with Crippen molar-refractivity contribution in [2.45, 2.75) is 31.1 Å². The number of hydrogen-bond donors (Lipinski definition) is 1. The topological polar surface area (TPSA) is 66.5 Å². The molecule has 1 aliphatic heterocycles. The second kappa shape index (κ2) is 6.97. The van der Waals surface area contributed by atoms with Crippen LogP contribution in [0.25, 0.3) is 0 Å². The smallest absolute Gasteiger partial charge is 0.243 e. The Morgan fingerprint density at radius 2 is 2.00 bits per heavy atom. The van der Waals surface area contributed by atoms with Crippen LogP contribution in [-0.4, -0.2) is 31.7 Å². The number of hydrogen-bond acceptors (Lipinski definition) is 3. The van der Waals surface area contributed by atoms with Crippen LogP contribution < -0.4 is 5.32 Å². The highest BCUT2D eigenvalue weighted by molar-refractivity contribution is 7.89. The number of halogens is 1. The Balaban J connectivity index is 1.43. The lowest BCUT2D eigenvalue weighted by molar-refractivity contribution is -0.118. The van der Waals surface area contributed by atoms with Crippen LogP contribution in [-0.2, 0) is 21.2 Å². The first-order valence-electron chi connectivity index (χ1n) is 9.50. The summed E-state index contributed by atoms with van der Waals surface area (Å²) in [7, 11) is -3.56. The van der Waals surface area contributed by atoms with Crippen LogP contribution in [0.5, 0.6) is 0 Å². The van der Waals surface area contributed by atoms with Gasteiger partial charge in [-0.3, -0.25) is 4.79 Å². The summed E-state index contributed by atoms with van der Waals surface area (Å²) < 4.78 is 40.7. The lowest BCUT2D eigenvalue weighted by Gasteiger charge is -2.17. The summed E-state index contributed by atoms with van der Waals surface area (Å²) in [5.74, 6) is -0.814. The SMILES string of the molecule is CCc1ccc(S(=O)(=O)N2CC[C@@]3(C[C@H]3C(=O)Nc3cccc(F)c3)C2)cc1. The number of amides is 1. The summed E-state index contributed by atoms with van der Waals surface area (Å²) in [6.07, 6.45) is 2.19. The molecule has 1 aliphatic carbocycles. The van der Waals surface area contributed by atoms with Crippen LogP contribution in [0, 0.1) is 17.2 Å². The molecule has 0 radical (unpaired) electrons. The van der Waals surface area contributed by atoms with Crippen LogP contribution in [0.1, 0.15) is 25.3 Å². The van der Waals surface area contributed by atoms with Gasteiger partial charge in [-0.2, -0.15) is 4.31 Å². The van der Waals surface area contributed by atoms with Crippen LogP contribution in [0.2, 0.25) is 0 Å². The predicted octanol–water partition coefficient (Wildman–Crippen LogP) is 3.43. The Labute approximate surface area is 164 Å². The number of nitrogens with one attached hydrogen (secondary N) is 1. The molecule has 7 heteroatoms. The molecule has 148 valence electrons. The van der Waals surface area contributed by atoms with Crippen molar-refractivity contribution in [2.24, 2.45) is 11.3 Å². The van der Waals surface area contributed by atoms with E-state index in [-0.39, 0.29) is 17.2 Å². The Kier molecular flexibility index (Phi) is 4.75. The summed E-state index contributed by atoms with van der Waals surface area (Å²) in [5.41, 5.74) is 1.21. The molecule has 5 nitrogen and oxygen atoms in total. The van der Waals surface area contributed by atoms with E-state index in [1.54, 1.807) is 24.3 Å². The normalized spacial score (nSPS) is 24.4. The summed E-state index contributed by atoms with van der Waals surface area (Å²) in [6, 6.07) is 12.8. The van der Waals surface area contributed by atoms with Crippen molar-refractivity contribution < 1.29 is 17.6 Å². The van der Waals surface area contributed by atoms with Crippen molar-refractivity contribution in [1.82, 2.24) is 4.31 Å². The molecule has 28 heavy (non-hydrogen) atoms. The summed E-state index contributed by atoms with van der Waals surface area (Å²) in [5, 5.41) is 2.75. The number of nitrogens with zero attached hydrogens (tertiary/aromatic N) is 1. The molecular weight excluding hydrogens is 379 g/mol. The molecule has 0 aromatic heterocycles. The molecule has 0 bridgehead atoms. The zero-order valence-electron chi connectivity index (χ0n) is 15.7. The van der Waals surface area contributed by atoms with Gasteiger partial charge in [0.1, 0.15) is 5.82 Å². The lowest BCUT2D eigenvalue weighted by Crippen LogP contribution is -2.30. The molecule has 1 amide bonds. The first-order valence-corrected chi connectivity index (χ1v) is 10.9. The maximum absolute atomic E-state index is 13.3. The van der Waals surface area contributed by atoms with Crippen molar-refractivity contribution in [3.05, 3.63) is 59.9 Å². The van der Waals surface area contributed by atoms with E-state index >= 15 is 0 Å². The zero-order valence-corrected chi connectivity index (χ0v) is 16.5. The Morgan fingerprint density at radius 3 is 2.68 bits per heavy atom. The van der Waals surface area contributed by atoms with Gasteiger partial charge < -0.3 is 5.32 Å².